The molecule has 1 rings (SSSR count). The molecule has 1 aromatic rings. The Balaban J connectivity index is 2.83. The number of nitrogens with one attached hydrogen (secondary N) is 1. The van der Waals surface area contributed by atoms with E-state index in [1.165, 1.54) is 25.3 Å². The lowest BCUT2D eigenvalue weighted by molar-refractivity contribution is -0.152. The summed E-state index contributed by atoms with van der Waals surface area (Å²) in [7, 11) is 1.39. The Morgan fingerprint density at radius 2 is 2.20 bits per heavy atom. The second-order valence-corrected chi connectivity index (χ2v) is 4.26. The first-order chi connectivity index (χ1) is 9.29. The van der Waals surface area contributed by atoms with Crippen LogP contribution in [0, 0.1) is 5.92 Å². The maximum Gasteiger partial charge on any atom is 0.400 e. The van der Waals surface area contributed by atoms with Crippen LogP contribution >= 0.6 is 11.6 Å². The lowest BCUT2D eigenvalue weighted by Crippen LogP contribution is -2.40. The zero-order valence-corrected chi connectivity index (χ0v) is 11.2. The SMILES string of the molecule is COc1cc(NCC(/C(N)=N/O)C(F)(F)F)ccc1Cl. The van der Waals surface area contributed by atoms with Crippen molar-refractivity contribution >= 4 is 23.1 Å². The van der Waals surface area contributed by atoms with E-state index in [-0.39, 0.29) is 0 Å². The van der Waals surface area contributed by atoms with Crippen LogP contribution in [0.5, 0.6) is 5.75 Å². The van der Waals surface area contributed by atoms with E-state index in [9.17, 15) is 13.2 Å². The fraction of sp³-hybridized carbons (Fsp3) is 0.364. The van der Waals surface area contributed by atoms with Gasteiger partial charge < -0.3 is 21.0 Å². The predicted molar refractivity (Wildman–Crippen MR) is 69.4 cm³/mol. The van der Waals surface area contributed by atoms with Gasteiger partial charge in [0, 0.05) is 18.3 Å². The summed E-state index contributed by atoms with van der Waals surface area (Å²) >= 11 is 5.80. The minimum absolute atomic E-state index is 0.323. The number of benzene rings is 1. The molecule has 0 aliphatic rings. The molecule has 0 aliphatic carbocycles. The van der Waals surface area contributed by atoms with Crippen molar-refractivity contribution in [2.45, 2.75) is 6.18 Å². The van der Waals surface area contributed by atoms with Crippen LogP contribution in [0.15, 0.2) is 23.4 Å². The predicted octanol–water partition coefficient (Wildman–Crippen LogP) is 2.69. The highest BCUT2D eigenvalue weighted by molar-refractivity contribution is 6.32. The van der Waals surface area contributed by atoms with Gasteiger partial charge in [-0.25, -0.2) is 0 Å². The van der Waals surface area contributed by atoms with E-state index in [1.807, 2.05) is 0 Å². The minimum atomic E-state index is -4.63. The third-order valence-corrected chi connectivity index (χ3v) is 2.84. The van der Waals surface area contributed by atoms with Gasteiger partial charge in [-0.1, -0.05) is 16.8 Å². The number of anilines is 1. The summed E-state index contributed by atoms with van der Waals surface area (Å²) in [6, 6.07) is 4.42. The van der Waals surface area contributed by atoms with Crippen LogP contribution in [-0.2, 0) is 0 Å². The summed E-state index contributed by atoms with van der Waals surface area (Å²) in [6.45, 7) is -0.579. The molecule has 0 saturated heterocycles. The lowest BCUT2D eigenvalue weighted by atomic mass is 10.1. The maximum atomic E-state index is 12.7. The molecule has 1 aromatic carbocycles. The topological polar surface area (TPSA) is 79.9 Å². The van der Waals surface area contributed by atoms with Crippen molar-refractivity contribution in [2.75, 3.05) is 19.0 Å². The van der Waals surface area contributed by atoms with E-state index in [1.54, 1.807) is 0 Å². The molecular weight excluding hydrogens is 299 g/mol. The Hall–Kier alpha value is -1.83. The molecule has 0 bridgehead atoms. The highest BCUT2D eigenvalue weighted by Crippen LogP contribution is 2.29. The molecule has 0 aromatic heterocycles. The van der Waals surface area contributed by atoms with E-state index in [0.717, 1.165) is 0 Å². The second kappa shape index (κ2) is 6.56. The number of hydrogen-bond acceptors (Lipinski definition) is 4. The van der Waals surface area contributed by atoms with Crippen LogP contribution in [0.4, 0.5) is 18.9 Å². The van der Waals surface area contributed by atoms with Gasteiger partial charge in [-0.05, 0) is 12.1 Å². The summed E-state index contributed by atoms with van der Waals surface area (Å²) < 4.78 is 43.1. The number of nitrogens with two attached hydrogens (primary N) is 1. The van der Waals surface area contributed by atoms with E-state index in [0.29, 0.717) is 16.5 Å². The molecule has 5 nitrogen and oxygen atoms in total. The molecular formula is C11H13ClF3N3O2. The maximum absolute atomic E-state index is 12.7. The monoisotopic (exact) mass is 311 g/mol. The number of nitrogens with zero attached hydrogens (tertiary/aromatic N) is 1. The average molecular weight is 312 g/mol. The first-order valence-corrected chi connectivity index (χ1v) is 5.79. The molecule has 1 unspecified atom stereocenters. The number of amidine groups is 1. The Labute approximate surface area is 118 Å². The van der Waals surface area contributed by atoms with Gasteiger partial charge in [0.25, 0.3) is 0 Å². The number of oxime groups is 1. The quantitative estimate of drug-likeness (QED) is 0.338. The zero-order valence-electron chi connectivity index (χ0n) is 10.4. The van der Waals surface area contributed by atoms with Crippen LogP contribution in [0.2, 0.25) is 5.02 Å². The highest BCUT2D eigenvalue weighted by atomic mass is 35.5. The lowest BCUT2D eigenvalue weighted by Gasteiger charge is -2.20. The molecule has 9 heteroatoms. The van der Waals surface area contributed by atoms with E-state index in [2.05, 4.69) is 10.5 Å². The van der Waals surface area contributed by atoms with Crippen LogP contribution in [0.25, 0.3) is 0 Å². The van der Waals surface area contributed by atoms with E-state index in [4.69, 9.17) is 27.3 Å². The molecule has 4 N–H and O–H groups in total. The summed E-state index contributed by atoms with van der Waals surface area (Å²) in [4.78, 5) is 0. The van der Waals surface area contributed by atoms with Gasteiger partial charge >= 0.3 is 6.18 Å². The smallest absolute Gasteiger partial charge is 0.400 e. The second-order valence-electron chi connectivity index (χ2n) is 3.85. The normalized spacial score (nSPS) is 13.9. The van der Waals surface area contributed by atoms with Crippen LogP contribution in [0.3, 0.4) is 0 Å². The van der Waals surface area contributed by atoms with Crippen molar-refractivity contribution in [3.8, 4) is 5.75 Å². The molecule has 0 spiro atoms. The number of ether oxygens (including phenoxy) is 1. The van der Waals surface area contributed by atoms with Crippen molar-refractivity contribution in [2.24, 2.45) is 16.8 Å². The van der Waals surface area contributed by atoms with Gasteiger partial charge in [-0.2, -0.15) is 13.2 Å². The number of halogens is 4. The van der Waals surface area contributed by atoms with Gasteiger partial charge in [-0.15, -0.1) is 0 Å². The Bertz CT molecular complexity index is 494. The number of alkyl halides is 3. The number of methoxy groups -OCH3 is 1. The summed E-state index contributed by atoms with van der Waals surface area (Å²) in [6.07, 6.45) is -4.63. The van der Waals surface area contributed by atoms with Crippen molar-refractivity contribution in [1.82, 2.24) is 0 Å². The van der Waals surface area contributed by atoms with Crippen molar-refractivity contribution in [3.05, 3.63) is 23.2 Å². The van der Waals surface area contributed by atoms with Crippen molar-refractivity contribution in [1.29, 1.82) is 0 Å². The first kappa shape index (κ1) is 16.2. The van der Waals surface area contributed by atoms with Crippen molar-refractivity contribution in [3.63, 3.8) is 0 Å². The van der Waals surface area contributed by atoms with Crippen LogP contribution in [0.1, 0.15) is 0 Å². The van der Waals surface area contributed by atoms with Gasteiger partial charge in [0.05, 0.1) is 12.1 Å². The van der Waals surface area contributed by atoms with E-state index >= 15 is 0 Å². The number of rotatable bonds is 5. The molecule has 0 fully saturated rings. The number of hydrogen-bond donors (Lipinski definition) is 3. The molecule has 0 radical (unpaired) electrons. The first-order valence-electron chi connectivity index (χ1n) is 5.41. The summed E-state index contributed by atoms with van der Waals surface area (Å²) in [5.74, 6) is -2.69. The molecule has 0 heterocycles. The van der Waals surface area contributed by atoms with Gasteiger partial charge in [0.2, 0.25) is 0 Å². The molecule has 112 valence electrons. The average Bonchev–Trinajstić information content (AvgIpc) is 2.38. The molecule has 1 atom stereocenters. The fourth-order valence-electron chi connectivity index (χ4n) is 1.45. The minimum Gasteiger partial charge on any atom is -0.495 e. The summed E-state index contributed by atoms with van der Waals surface area (Å²) in [5.41, 5.74) is 5.41. The molecule has 20 heavy (non-hydrogen) atoms. The molecule has 0 saturated carbocycles. The van der Waals surface area contributed by atoms with Gasteiger partial charge in [0.1, 0.15) is 11.7 Å². The van der Waals surface area contributed by atoms with Crippen LogP contribution in [-0.4, -0.2) is 30.9 Å². The largest absolute Gasteiger partial charge is 0.495 e. The van der Waals surface area contributed by atoms with Crippen molar-refractivity contribution < 1.29 is 23.1 Å². The summed E-state index contributed by atoms with van der Waals surface area (Å²) in [5, 5.41) is 13.7. The highest BCUT2D eigenvalue weighted by Gasteiger charge is 2.42. The third-order valence-electron chi connectivity index (χ3n) is 2.53. The van der Waals surface area contributed by atoms with Gasteiger partial charge in [0.15, 0.2) is 5.84 Å². The molecule has 0 amide bonds. The van der Waals surface area contributed by atoms with Gasteiger partial charge in [-0.3, -0.25) is 0 Å². The third kappa shape index (κ3) is 4.09. The zero-order chi connectivity index (χ0) is 15.3. The standard InChI is InChI=1S/C11H13ClF3N3O2/c1-20-9-4-6(2-3-8(9)12)17-5-7(10(16)18-19)11(13,14)15/h2-4,7,17,19H,5H2,1H3,(H2,16,18). The fourth-order valence-corrected chi connectivity index (χ4v) is 1.64. The Kier molecular flexibility index (Phi) is 5.32. The Morgan fingerprint density at radius 3 is 2.70 bits per heavy atom. The molecule has 0 aliphatic heterocycles. The van der Waals surface area contributed by atoms with E-state index < -0.39 is 24.5 Å². The van der Waals surface area contributed by atoms with Crippen LogP contribution < -0.4 is 15.8 Å². The Morgan fingerprint density at radius 1 is 1.55 bits per heavy atom.